The van der Waals surface area contributed by atoms with Crippen molar-refractivity contribution in [2.24, 2.45) is 0 Å². The first-order valence-corrected chi connectivity index (χ1v) is 6.06. The van der Waals surface area contributed by atoms with Crippen LogP contribution in [0.15, 0.2) is 10.7 Å². The fraction of sp³-hybridized carbons (Fsp3) is 0.545. The molecular weight excluding hydrogens is 270 g/mol. The number of halogens is 1. The highest BCUT2D eigenvalue weighted by atomic mass is 79.9. The largest absolute Gasteiger partial charge is 0.397 e. The van der Waals surface area contributed by atoms with Gasteiger partial charge in [-0.15, -0.1) is 0 Å². The summed E-state index contributed by atoms with van der Waals surface area (Å²) in [5, 5.41) is 12.5. The van der Waals surface area contributed by atoms with Gasteiger partial charge in [-0.05, 0) is 48.7 Å². The Morgan fingerprint density at radius 3 is 2.75 bits per heavy atom. The molecule has 0 saturated carbocycles. The fourth-order valence-corrected chi connectivity index (χ4v) is 1.94. The van der Waals surface area contributed by atoms with Crippen molar-refractivity contribution in [3.05, 3.63) is 16.2 Å². The van der Waals surface area contributed by atoms with E-state index in [4.69, 9.17) is 5.73 Å². The quantitative estimate of drug-likeness (QED) is 0.795. The van der Waals surface area contributed by atoms with Crippen LogP contribution in [0.25, 0.3) is 0 Å². The predicted octanol–water partition coefficient (Wildman–Crippen LogP) is 2.31. The minimum Gasteiger partial charge on any atom is -0.397 e. The summed E-state index contributed by atoms with van der Waals surface area (Å²) in [5.41, 5.74) is 7.38. The van der Waals surface area contributed by atoms with Crippen LogP contribution in [0.2, 0.25) is 0 Å². The SMILES string of the molecule is Cc1c(N)cnc(NC(C)CC(C)O)c1Br. The number of pyridine rings is 1. The van der Waals surface area contributed by atoms with Crippen LogP contribution in [-0.4, -0.2) is 22.2 Å². The summed E-state index contributed by atoms with van der Waals surface area (Å²) in [6.45, 7) is 5.72. The summed E-state index contributed by atoms with van der Waals surface area (Å²) in [6, 6.07) is 0.159. The molecule has 0 aromatic carbocycles. The van der Waals surface area contributed by atoms with Gasteiger partial charge in [0.25, 0.3) is 0 Å². The van der Waals surface area contributed by atoms with Gasteiger partial charge in [0.15, 0.2) is 0 Å². The van der Waals surface area contributed by atoms with Crippen molar-refractivity contribution in [1.82, 2.24) is 4.98 Å². The molecular formula is C11H18BrN3O. The van der Waals surface area contributed by atoms with Gasteiger partial charge in [-0.1, -0.05) is 0 Å². The molecule has 1 aromatic rings. The van der Waals surface area contributed by atoms with Crippen molar-refractivity contribution in [3.8, 4) is 0 Å². The molecule has 0 radical (unpaired) electrons. The molecule has 0 aliphatic carbocycles. The number of hydrogen-bond acceptors (Lipinski definition) is 4. The molecule has 0 saturated heterocycles. The number of nitrogens with two attached hydrogens (primary N) is 1. The van der Waals surface area contributed by atoms with E-state index in [1.165, 1.54) is 0 Å². The number of hydrogen-bond donors (Lipinski definition) is 3. The number of aliphatic hydroxyl groups is 1. The molecule has 4 N–H and O–H groups in total. The van der Waals surface area contributed by atoms with Gasteiger partial charge in [0.1, 0.15) is 5.82 Å². The van der Waals surface area contributed by atoms with Crippen LogP contribution in [0.5, 0.6) is 0 Å². The minimum absolute atomic E-state index is 0.159. The Balaban J connectivity index is 2.78. The number of nitrogens with zero attached hydrogens (tertiary/aromatic N) is 1. The third-order valence-electron chi connectivity index (χ3n) is 2.38. The van der Waals surface area contributed by atoms with Crippen LogP contribution in [0.3, 0.4) is 0 Å². The molecule has 0 bridgehead atoms. The topological polar surface area (TPSA) is 71.2 Å². The van der Waals surface area contributed by atoms with Crippen LogP contribution in [-0.2, 0) is 0 Å². The van der Waals surface area contributed by atoms with E-state index < -0.39 is 0 Å². The van der Waals surface area contributed by atoms with E-state index in [9.17, 15) is 5.11 Å². The molecule has 0 spiro atoms. The van der Waals surface area contributed by atoms with Gasteiger partial charge in [-0.3, -0.25) is 0 Å². The first kappa shape index (κ1) is 13.3. The number of anilines is 2. The van der Waals surface area contributed by atoms with E-state index in [1.807, 2.05) is 13.8 Å². The van der Waals surface area contributed by atoms with Crippen LogP contribution in [0.4, 0.5) is 11.5 Å². The molecule has 1 aromatic heterocycles. The molecule has 16 heavy (non-hydrogen) atoms. The highest BCUT2D eigenvalue weighted by Crippen LogP contribution is 2.28. The monoisotopic (exact) mass is 287 g/mol. The number of aliphatic hydroxyl groups excluding tert-OH is 1. The lowest BCUT2D eigenvalue weighted by molar-refractivity contribution is 0.179. The normalized spacial score (nSPS) is 14.6. The van der Waals surface area contributed by atoms with E-state index in [1.54, 1.807) is 13.1 Å². The lowest BCUT2D eigenvalue weighted by atomic mass is 10.1. The molecule has 1 rings (SSSR count). The average molecular weight is 288 g/mol. The van der Waals surface area contributed by atoms with Gasteiger partial charge in [-0.25, -0.2) is 4.98 Å². The molecule has 0 aliphatic heterocycles. The van der Waals surface area contributed by atoms with Crippen molar-refractivity contribution in [1.29, 1.82) is 0 Å². The van der Waals surface area contributed by atoms with E-state index in [0.717, 1.165) is 15.9 Å². The fourth-order valence-electron chi connectivity index (χ4n) is 1.50. The Hall–Kier alpha value is -0.810. The predicted molar refractivity (Wildman–Crippen MR) is 70.5 cm³/mol. The maximum absolute atomic E-state index is 9.28. The highest BCUT2D eigenvalue weighted by molar-refractivity contribution is 9.10. The molecule has 90 valence electrons. The Kier molecular flexibility index (Phi) is 4.56. The van der Waals surface area contributed by atoms with Crippen LogP contribution in [0.1, 0.15) is 25.8 Å². The Labute approximate surface area is 104 Å². The maximum Gasteiger partial charge on any atom is 0.140 e. The standard InChI is InChI=1S/C11H18BrN3O/c1-6(4-7(2)16)15-11-10(12)8(3)9(13)5-14-11/h5-7,16H,4,13H2,1-3H3,(H,14,15). The van der Waals surface area contributed by atoms with E-state index >= 15 is 0 Å². The summed E-state index contributed by atoms with van der Waals surface area (Å²) < 4.78 is 0.880. The lowest BCUT2D eigenvalue weighted by Gasteiger charge is -2.18. The molecule has 2 atom stereocenters. The van der Waals surface area contributed by atoms with E-state index in [2.05, 4.69) is 26.2 Å². The van der Waals surface area contributed by atoms with Crippen LogP contribution in [0, 0.1) is 6.92 Å². The van der Waals surface area contributed by atoms with Crippen molar-refractivity contribution in [2.45, 2.75) is 39.3 Å². The molecule has 0 amide bonds. The lowest BCUT2D eigenvalue weighted by Crippen LogP contribution is -2.21. The summed E-state index contributed by atoms with van der Waals surface area (Å²) in [5.74, 6) is 0.764. The van der Waals surface area contributed by atoms with Gasteiger partial charge >= 0.3 is 0 Å². The number of nitrogens with one attached hydrogen (secondary N) is 1. The minimum atomic E-state index is -0.323. The van der Waals surface area contributed by atoms with Crippen molar-refractivity contribution in [3.63, 3.8) is 0 Å². The summed E-state index contributed by atoms with van der Waals surface area (Å²) in [7, 11) is 0. The molecule has 5 heteroatoms. The van der Waals surface area contributed by atoms with Crippen LogP contribution < -0.4 is 11.1 Å². The third kappa shape index (κ3) is 3.35. The van der Waals surface area contributed by atoms with Gasteiger partial charge in [0.05, 0.1) is 22.5 Å². The Morgan fingerprint density at radius 1 is 1.56 bits per heavy atom. The first-order chi connectivity index (χ1) is 7.41. The second kappa shape index (κ2) is 5.50. The van der Waals surface area contributed by atoms with Gasteiger partial charge in [-0.2, -0.15) is 0 Å². The zero-order valence-electron chi connectivity index (χ0n) is 9.79. The number of rotatable bonds is 4. The average Bonchev–Trinajstić information content (AvgIpc) is 2.18. The third-order valence-corrected chi connectivity index (χ3v) is 3.35. The second-order valence-corrected chi connectivity index (χ2v) is 4.92. The van der Waals surface area contributed by atoms with Crippen molar-refractivity contribution < 1.29 is 5.11 Å². The summed E-state index contributed by atoms with van der Waals surface area (Å²) in [6.07, 6.45) is 1.99. The zero-order chi connectivity index (χ0) is 12.3. The molecule has 4 nitrogen and oxygen atoms in total. The first-order valence-electron chi connectivity index (χ1n) is 5.27. The maximum atomic E-state index is 9.28. The molecule has 2 unspecified atom stereocenters. The molecule has 0 fully saturated rings. The highest BCUT2D eigenvalue weighted by Gasteiger charge is 2.11. The summed E-state index contributed by atoms with van der Waals surface area (Å²) in [4.78, 5) is 4.22. The second-order valence-electron chi connectivity index (χ2n) is 4.13. The number of nitrogen functional groups attached to an aromatic ring is 1. The Morgan fingerprint density at radius 2 is 2.19 bits per heavy atom. The smallest absolute Gasteiger partial charge is 0.140 e. The van der Waals surface area contributed by atoms with Gasteiger partial charge in [0, 0.05) is 6.04 Å². The van der Waals surface area contributed by atoms with Gasteiger partial charge in [0.2, 0.25) is 0 Å². The van der Waals surface area contributed by atoms with Crippen molar-refractivity contribution in [2.75, 3.05) is 11.1 Å². The zero-order valence-corrected chi connectivity index (χ0v) is 11.4. The Bertz CT molecular complexity index is 368. The number of aromatic nitrogens is 1. The van der Waals surface area contributed by atoms with Gasteiger partial charge < -0.3 is 16.2 Å². The summed E-state index contributed by atoms with van der Waals surface area (Å²) >= 11 is 3.46. The van der Waals surface area contributed by atoms with Crippen LogP contribution >= 0.6 is 15.9 Å². The van der Waals surface area contributed by atoms with E-state index in [-0.39, 0.29) is 12.1 Å². The molecule has 1 heterocycles. The molecule has 0 aliphatic rings. The van der Waals surface area contributed by atoms with E-state index in [0.29, 0.717) is 12.1 Å². The van der Waals surface area contributed by atoms with Crippen molar-refractivity contribution >= 4 is 27.4 Å².